The van der Waals surface area contributed by atoms with Gasteiger partial charge in [-0.25, -0.2) is 0 Å². The number of carbonyl (C=O) groups is 11. The highest BCUT2D eigenvalue weighted by Gasteiger charge is 2.36. The highest BCUT2D eigenvalue weighted by molar-refractivity contribution is 5.98. The number of aliphatic hydroxyl groups is 1. The molecule has 28 nitrogen and oxygen atoms in total. The number of Topliss-reactive ketones (excluding diaryl/α,β-unsaturated/α-hetero) is 5. The van der Waals surface area contributed by atoms with Gasteiger partial charge in [0.05, 0.1) is 49.0 Å². The molecule has 0 aliphatic rings. The molecule has 1 aromatic carbocycles. The molecule has 0 saturated heterocycles. The maximum Gasteiger partial charge on any atom is 0.304 e. The lowest BCUT2D eigenvalue weighted by molar-refractivity contribution is -0.143. The number of unbranched alkanes of at least 4 members (excludes halogenated alkanes) is 1. The molecule has 494 valence electrons. The van der Waals surface area contributed by atoms with Gasteiger partial charge in [-0.3, -0.25) is 67.7 Å². The lowest BCUT2D eigenvalue weighted by Crippen LogP contribution is -2.49. The number of benzene rings is 1. The summed E-state index contributed by atoms with van der Waals surface area (Å²) in [6.45, 7) is 8.09. The Morgan fingerprint density at radius 3 is 1.45 bits per heavy atom. The molecule has 0 radical (unpaired) electrons. The third-order valence-electron chi connectivity index (χ3n) is 15.2. The second-order valence-corrected chi connectivity index (χ2v) is 22.9. The Morgan fingerprint density at radius 2 is 0.955 bits per heavy atom. The van der Waals surface area contributed by atoms with Crippen molar-refractivity contribution in [2.75, 3.05) is 32.8 Å². The van der Waals surface area contributed by atoms with Gasteiger partial charge in [0, 0.05) is 75.9 Å². The van der Waals surface area contributed by atoms with E-state index in [1.54, 1.807) is 13.8 Å². The zero-order chi connectivity index (χ0) is 66.5. The minimum absolute atomic E-state index is 0.00300. The van der Waals surface area contributed by atoms with Crippen LogP contribution in [0.25, 0.3) is 0 Å². The van der Waals surface area contributed by atoms with Crippen molar-refractivity contribution in [2.45, 2.75) is 181 Å². The number of ketones is 5. The van der Waals surface area contributed by atoms with E-state index in [-0.39, 0.29) is 119 Å². The molecule has 1 aromatic rings. The Morgan fingerprint density at radius 1 is 0.489 bits per heavy atom. The topological polar surface area (TPSA) is 516 Å². The Hall–Kier alpha value is -7.88. The monoisotopic (exact) mass is 1240 g/mol. The van der Waals surface area contributed by atoms with E-state index in [4.69, 9.17) is 40.1 Å². The molecular formula is C60H100N14O14. The van der Waals surface area contributed by atoms with Crippen molar-refractivity contribution in [3.05, 3.63) is 35.9 Å². The summed E-state index contributed by atoms with van der Waals surface area (Å²) in [5, 5.41) is 40.4. The van der Waals surface area contributed by atoms with E-state index in [9.17, 15) is 68.1 Å². The Bertz CT molecular complexity index is 2520. The van der Waals surface area contributed by atoms with Crippen LogP contribution in [0.4, 0.5) is 0 Å². The number of nitrogens with one attached hydrogen (secondary N) is 4. The van der Waals surface area contributed by atoms with Crippen molar-refractivity contribution >= 4 is 82.4 Å². The molecule has 0 fully saturated rings. The first kappa shape index (κ1) is 78.1. The van der Waals surface area contributed by atoms with Gasteiger partial charge in [0.25, 0.3) is 0 Å². The van der Waals surface area contributed by atoms with Crippen LogP contribution in [0.15, 0.2) is 45.3 Å². The molecule has 0 unspecified atom stereocenters. The molecule has 88 heavy (non-hydrogen) atoms. The number of guanidine groups is 3. The van der Waals surface area contributed by atoms with Gasteiger partial charge in [0.1, 0.15) is 5.78 Å². The number of aliphatic hydroxyl groups excluding tert-OH is 1. The number of rotatable bonds is 49. The van der Waals surface area contributed by atoms with Crippen molar-refractivity contribution in [3.63, 3.8) is 0 Å². The third-order valence-corrected chi connectivity index (χ3v) is 15.2. The Balaban J connectivity index is 3.47. The number of carboxylic acid groups (broad SMARTS) is 2. The molecule has 21 N–H and O–H groups in total. The van der Waals surface area contributed by atoms with Crippen molar-refractivity contribution in [3.8, 4) is 0 Å². The predicted molar refractivity (Wildman–Crippen MR) is 332 cm³/mol. The molecule has 1 rings (SSSR count). The van der Waals surface area contributed by atoms with Crippen LogP contribution in [0.1, 0.15) is 156 Å². The third kappa shape index (κ3) is 32.7. The summed E-state index contributed by atoms with van der Waals surface area (Å²) in [6.07, 6.45) is -0.632. The second-order valence-electron chi connectivity index (χ2n) is 22.9. The molecule has 0 spiro atoms. The molecule has 0 aliphatic heterocycles. The average molecular weight is 1240 g/mol. The van der Waals surface area contributed by atoms with Gasteiger partial charge in [-0.1, -0.05) is 64.4 Å². The van der Waals surface area contributed by atoms with E-state index < -0.39 is 145 Å². The molecule has 0 bridgehead atoms. The van der Waals surface area contributed by atoms with Crippen molar-refractivity contribution in [1.29, 1.82) is 0 Å². The van der Waals surface area contributed by atoms with E-state index in [1.165, 1.54) is 6.92 Å². The van der Waals surface area contributed by atoms with Crippen LogP contribution < -0.4 is 61.4 Å². The van der Waals surface area contributed by atoms with E-state index in [0.717, 1.165) is 5.56 Å². The van der Waals surface area contributed by atoms with E-state index in [1.807, 2.05) is 44.2 Å². The van der Waals surface area contributed by atoms with Crippen LogP contribution in [0.5, 0.6) is 0 Å². The van der Waals surface area contributed by atoms with Crippen LogP contribution in [-0.2, 0) is 59.2 Å². The fourth-order valence-electron chi connectivity index (χ4n) is 9.82. The Labute approximate surface area is 516 Å². The van der Waals surface area contributed by atoms with E-state index in [0.29, 0.717) is 38.5 Å². The van der Waals surface area contributed by atoms with Gasteiger partial charge >= 0.3 is 11.9 Å². The SMILES string of the molecule is CC[C@H](C)[C@H](NC(=O)[C@H](CC(=O)O)CC(=O)[C@H](C)NC(=O)[C@H](CO)CC(=O)[C@H](CCCN=C(N)N)NC(=O)[C@H](CCCN=C(N)N)CC(=O)[C@H](CCCCN)NC(=O)[C@H](CCC(=O)O)CC(=O)[C@@H](C)CCCN=C(N)N)C(=O)C[C@H](C)Cc1ccccc1. The van der Waals surface area contributed by atoms with Crippen molar-refractivity contribution in [1.82, 2.24) is 21.3 Å². The number of aliphatic carboxylic acids is 2. The number of hydrogen-bond donors (Lipinski definition) is 14. The predicted octanol–water partition coefficient (Wildman–Crippen LogP) is 0.389. The molecule has 0 heterocycles. The van der Waals surface area contributed by atoms with Gasteiger partial charge in [-0.2, -0.15) is 0 Å². The van der Waals surface area contributed by atoms with Crippen LogP contribution >= 0.6 is 0 Å². The number of aliphatic imine (C=N–C) groups is 3. The number of nitrogens with zero attached hydrogens (tertiary/aromatic N) is 3. The highest BCUT2D eigenvalue weighted by atomic mass is 16.4. The van der Waals surface area contributed by atoms with Gasteiger partial charge in [0.2, 0.25) is 23.6 Å². The van der Waals surface area contributed by atoms with Gasteiger partial charge in [0.15, 0.2) is 41.0 Å². The number of nitrogens with two attached hydrogens (primary N) is 7. The largest absolute Gasteiger partial charge is 0.481 e. The summed E-state index contributed by atoms with van der Waals surface area (Å²) < 4.78 is 0. The fraction of sp³-hybridized carbons (Fsp3) is 0.667. The zero-order valence-corrected chi connectivity index (χ0v) is 51.9. The number of amides is 4. The quantitative estimate of drug-likeness (QED) is 0.0238. The number of hydrogen-bond acceptors (Lipinski definition) is 16. The van der Waals surface area contributed by atoms with Crippen LogP contribution in [0.2, 0.25) is 0 Å². The van der Waals surface area contributed by atoms with E-state index >= 15 is 0 Å². The smallest absolute Gasteiger partial charge is 0.304 e. The van der Waals surface area contributed by atoms with Crippen LogP contribution in [-0.4, -0.2) is 155 Å². The van der Waals surface area contributed by atoms with Crippen molar-refractivity contribution < 1.29 is 68.1 Å². The lowest BCUT2D eigenvalue weighted by Gasteiger charge is -2.27. The van der Waals surface area contributed by atoms with Gasteiger partial charge in [-0.15, -0.1) is 0 Å². The summed E-state index contributed by atoms with van der Waals surface area (Å²) >= 11 is 0. The second kappa shape index (κ2) is 42.9. The molecule has 0 saturated carbocycles. The van der Waals surface area contributed by atoms with Crippen LogP contribution in [0.3, 0.4) is 0 Å². The van der Waals surface area contributed by atoms with Gasteiger partial charge in [-0.05, 0) is 101 Å². The molecule has 0 aromatic heterocycles. The standard InChI is InChI=1S/C60H100N14O14/c1-6-36(3)53(50(80)28-35(2)27-39-16-8-7-9-17-39)74-56(87)42(33-52(83)84)31-47(77)38(5)71-57(88)43(34-75)32-49(79)45(20-14-26-70-60(66)67)73-54(85)40(18-13-25-69-59(64)65)30-48(78)44(19-10-11-23-61)72-55(86)41(21-22-51(81)82)29-46(76)37(4)15-12-24-68-58(62)63/h7-9,16-17,35-38,40-45,53,75H,6,10-15,18-34,61H2,1-5H3,(H,71,88)(H,72,86)(H,73,85)(H,74,87)(H,81,82)(H,83,84)(H4,62,63,68)(H4,64,65,69)(H4,66,67,70)/t35-,36+,37+,38+,40-,41-,42+,43+,44+,45+,53+/m1/s1. The molecule has 0 aliphatic carbocycles. The summed E-state index contributed by atoms with van der Waals surface area (Å²) in [6, 6.07) is 4.60. The highest BCUT2D eigenvalue weighted by Crippen LogP contribution is 2.23. The summed E-state index contributed by atoms with van der Waals surface area (Å²) in [5.74, 6) is -15.5. The van der Waals surface area contributed by atoms with Gasteiger partial charge < -0.3 is 76.7 Å². The molecular weight excluding hydrogens is 1140 g/mol. The molecule has 11 atom stereocenters. The minimum atomic E-state index is -1.51. The summed E-state index contributed by atoms with van der Waals surface area (Å²) in [7, 11) is 0. The maximum absolute atomic E-state index is 14.5. The Kier molecular flexibility index (Phi) is 38.1. The van der Waals surface area contributed by atoms with Crippen molar-refractivity contribution in [2.24, 2.45) is 96.5 Å². The minimum Gasteiger partial charge on any atom is -0.481 e. The van der Waals surface area contributed by atoms with E-state index in [2.05, 4.69) is 36.2 Å². The molecule has 4 amide bonds. The lowest BCUT2D eigenvalue weighted by atomic mass is 9.87. The normalized spacial score (nSPS) is 14.9. The summed E-state index contributed by atoms with van der Waals surface area (Å²) in [5.41, 5.74) is 39.7. The molecule has 28 heteroatoms. The maximum atomic E-state index is 14.5. The number of carbonyl (C=O) groups excluding carboxylic acids is 9. The fourth-order valence-corrected chi connectivity index (χ4v) is 9.82. The first-order chi connectivity index (χ1) is 41.5. The zero-order valence-electron chi connectivity index (χ0n) is 51.9. The number of carboxylic acids is 2. The van der Waals surface area contributed by atoms with Crippen LogP contribution in [0, 0.1) is 41.4 Å². The first-order valence-corrected chi connectivity index (χ1v) is 30.3. The average Bonchev–Trinajstić information content (AvgIpc) is 2.15. The summed E-state index contributed by atoms with van der Waals surface area (Å²) in [4.78, 5) is 161. The first-order valence-electron chi connectivity index (χ1n) is 30.3.